The molecule has 0 aliphatic carbocycles. The van der Waals surface area contributed by atoms with Gasteiger partial charge in [0, 0.05) is 31.2 Å². The Bertz CT molecular complexity index is 1170. The summed E-state index contributed by atoms with van der Waals surface area (Å²) in [6.45, 7) is 15.7. The minimum absolute atomic E-state index is 0.0293. The summed E-state index contributed by atoms with van der Waals surface area (Å²) in [4.78, 5) is 39.4. The number of methoxy groups -OCH3 is 1. The molecule has 44 heavy (non-hydrogen) atoms. The van der Waals surface area contributed by atoms with E-state index >= 15 is 0 Å². The molecule has 2 rings (SSSR count). The number of nitrogens with one attached hydrogen (secondary N) is 1. The highest BCUT2D eigenvalue weighted by atomic mass is 16.5. The van der Waals surface area contributed by atoms with E-state index in [1.54, 1.807) is 33.1 Å². The maximum absolute atomic E-state index is 13.2. The van der Waals surface area contributed by atoms with Gasteiger partial charge >= 0.3 is 11.9 Å². The zero-order valence-electron chi connectivity index (χ0n) is 27.7. The van der Waals surface area contributed by atoms with Gasteiger partial charge in [-0.1, -0.05) is 69.6 Å². The molecule has 5 unspecified atom stereocenters. The number of carbonyl (C=O) groups is 3. The van der Waals surface area contributed by atoms with Crippen LogP contribution in [0.3, 0.4) is 0 Å². The number of carbonyl (C=O) groups excluding carboxylic acids is 3. The smallest absolute Gasteiger partial charge is 0.333 e. The first-order chi connectivity index (χ1) is 20.8. The molecule has 0 saturated carbocycles. The second-order valence-electron chi connectivity index (χ2n) is 12.5. The van der Waals surface area contributed by atoms with Gasteiger partial charge in [-0.2, -0.15) is 0 Å². The number of fused-ring (bicyclic) bond motifs is 3. The number of esters is 2. The van der Waals surface area contributed by atoms with Crippen molar-refractivity contribution >= 4 is 17.8 Å². The summed E-state index contributed by atoms with van der Waals surface area (Å²) in [7, 11) is 1.72. The summed E-state index contributed by atoms with van der Waals surface area (Å²) in [5.41, 5.74) is 4.09. The molecule has 2 N–H and O–H groups in total. The molecule has 2 heterocycles. The first-order valence-corrected chi connectivity index (χ1v) is 15.8. The van der Waals surface area contributed by atoms with Crippen LogP contribution in [0, 0.1) is 11.8 Å². The Kier molecular flexibility index (Phi) is 15.6. The van der Waals surface area contributed by atoms with Crippen molar-refractivity contribution in [3.8, 4) is 0 Å². The molecule has 0 aromatic rings. The Balaban J connectivity index is 2.55. The van der Waals surface area contributed by atoms with Gasteiger partial charge in [0.05, 0.1) is 12.5 Å². The Hall–Kier alpha value is -3.23. The van der Waals surface area contributed by atoms with E-state index in [1.165, 1.54) is 6.08 Å². The highest BCUT2D eigenvalue weighted by molar-refractivity contribution is 5.87. The third-order valence-corrected chi connectivity index (χ3v) is 7.95. The molecule has 0 radical (unpaired) electrons. The second kappa shape index (κ2) is 18.5. The fourth-order valence-corrected chi connectivity index (χ4v) is 5.11. The van der Waals surface area contributed by atoms with Crippen LogP contribution >= 0.6 is 0 Å². The van der Waals surface area contributed by atoms with E-state index in [4.69, 9.17) is 14.2 Å². The molecule has 0 spiro atoms. The number of cyclic esters (lactones) is 1. The minimum atomic E-state index is -1.48. The first-order valence-electron chi connectivity index (χ1n) is 15.8. The Morgan fingerprint density at radius 1 is 1.05 bits per heavy atom. The van der Waals surface area contributed by atoms with Crippen LogP contribution in [-0.4, -0.2) is 54.5 Å². The van der Waals surface area contributed by atoms with Crippen LogP contribution in [0.25, 0.3) is 0 Å². The van der Waals surface area contributed by atoms with Crippen LogP contribution in [0.1, 0.15) is 92.9 Å². The lowest BCUT2D eigenvalue weighted by Gasteiger charge is -2.26. The molecule has 2 aliphatic rings. The largest absolute Gasteiger partial charge is 0.457 e. The fourth-order valence-electron chi connectivity index (χ4n) is 5.11. The van der Waals surface area contributed by atoms with Crippen molar-refractivity contribution in [1.29, 1.82) is 0 Å². The number of amides is 1. The van der Waals surface area contributed by atoms with Gasteiger partial charge < -0.3 is 24.6 Å². The van der Waals surface area contributed by atoms with Crippen LogP contribution < -0.4 is 5.32 Å². The predicted molar refractivity (Wildman–Crippen MR) is 173 cm³/mol. The lowest BCUT2D eigenvalue weighted by Crippen LogP contribution is -2.43. The van der Waals surface area contributed by atoms with E-state index in [9.17, 15) is 19.5 Å². The summed E-state index contributed by atoms with van der Waals surface area (Å²) >= 11 is 0. The maximum Gasteiger partial charge on any atom is 0.333 e. The molecular weight excluding hydrogens is 558 g/mol. The Morgan fingerprint density at radius 3 is 2.45 bits per heavy atom. The molecular formula is C36H53NO7. The van der Waals surface area contributed by atoms with Crippen molar-refractivity contribution in [1.82, 2.24) is 5.32 Å². The van der Waals surface area contributed by atoms with Crippen molar-refractivity contribution in [2.75, 3.05) is 7.11 Å². The van der Waals surface area contributed by atoms with Crippen LogP contribution in [-0.2, 0) is 28.6 Å². The summed E-state index contributed by atoms with van der Waals surface area (Å²) < 4.78 is 17.4. The SMILES string of the molecule is C=C1CC(OC)CCCCC/C2=C\C(=O)OC(/C=C(/C)CC(=O)OC(/C=C\C(C)C)C(C)C(O)C(=O)N2)C/C(C)=C\C=C\1C. The van der Waals surface area contributed by atoms with Crippen molar-refractivity contribution in [2.24, 2.45) is 11.8 Å². The average molecular weight is 612 g/mol. The van der Waals surface area contributed by atoms with Crippen LogP contribution in [0.15, 0.2) is 71.0 Å². The van der Waals surface area contributed by atoms with Gasteiger partial charge in [-0.3, -0.25) is 9.59 Å². The zero-order chi connectivity index (χ0) is 32.8. The fraction of sp³-hybridized carbons (Fsp3) is 0.583. The van der Waals surface area contributed by atoms with Crippen LogP contribution in [0.4, 0.5) is 0 Å². The van der Waals surface area contributed by atoms with E-state index in [2.05, 4.69) is 11.9 Å². The number of hydrogen-bond acceptors (Lipinski definition) is 7. The predicted octanol–water partition coefficient (Wildman–Crippen LogP) is 6.58. The van der Waals surface area contributed by atoms with Crippen LogP contribution in [0.5, 0.6) is 0 Å². The van der Waals surface area contributed by atoms with Gasteiger partial charge in [-0.05, 0) is 75.7 Å². The standard InChI is InChI=1S/C36H53NO7/c1-23(2)14-17-32-28(7)35(40)36(41)37-29-12-10-9-11-13-30(42-8)21-27(6)26(5)16-15-24(3)18-31(43-34(39)22-29)19-25(4)20-33(38)44-32/h14-17,19,22-23,28,30-32,35,40H,6,9-13,18,20-21H2,1-5,7-8H3,(H,37,41)/b17-14-,24-15-,25-19-,26-16+,29-22+. The van der Waals surface area contributed by atoms with Gasteiger partial charge in [-0.25, -0.2) is 4.79 Å². The quantitative estimate of drug-likeness (QED) is 0.274. The van der Waals surface area contributed by atoms with Crippen molar-refractivity contribution in [3.05, 3.63) is 71.0 Å². The monoisotopic (exact) mass is 611 g/mol. The molecule has 244 valence electrons. The van der Waals surface area contributed by atoms with Gasteiger partial charge in [-0.15, -0.1) is 0 Å². The van der Waals surface area contributed by atoms with E-state index in [-0.39, 0.29) is 18.4 Å². The van der Waals surface area contributed by atoms with Gasteiger partial charge in [0.15, 0.2) is 0 Å². The first kappa shape index (κ1) is 37.0. The number of ether oxygens (including phenoxy) is 3. The molecule has 1 amide bonds. The second-order valence-corrected chi connectivity index (χ2v) is 12.5. The third-order valence-electron chi connectivity index (χ3n) is 7.95. The van der Waals surface area contributed by atoms with Crippen molar-refractivity contribution in [3.63, 3.8) is 0 Å². The van der Waals surface area contributed by atoms with Crippen molar-refractivity contribution < 1.29 is 33.7 Å². The molecule has 8 nitrogen and oxygen atoms in total. The normalized spacial score (nSPS) is 32.8. The highest BCUT2D eigenvalue weighted by Gasteiger charge is 2.31. The van der Waals surface area contributed by atoms with Gasteiger partial charge in [0.25, 0.3) is 5.91 Å². The third kappa shape index (κ3) is 13.2. The lowest BCUT2D eigenvalue weighted by molar-refractivity contribution is -0.152. The van der Waals surface area contributed by atoms with E-state index in [0.717, 1.165) is 42.4 Å². The average Bonchev–Trinajstić information content (AvgIpc) is 2.94. The molecule has 0 saturated heterocycles. The molecule has 2 bridgehead atoms. The minimum Gasteiger partial charge on any atom is -0.457 e. The summed E-state index contributed by atoms with van der Waals surface area (Å²) in [6, 6.07) is 0. The van der Waals surface area contributed by atoms with Gasteiger partial charge in [0.2, 0.25) is 0 Å². The number of allylic oxidation sites excluding steroid dienone is 5. The Morgan fingerprint density at radius 2 is 1.77 bits per heavy atom. The molecule has 2 aliphatic heterocycles. The van der Waals surface area contributed by atoms with E-state index in [0.29, 0.717) is 30.5 Å². The lowest BCUT2D eigenvalue weighted by atomic mass is 9.95. The number of aliphatic hydroxyl groups is 1. The van der Waals surface area contributed by atoms with Crippen LogP contribution in [0.2, 0.25) is 0 Å². The topological polar surface area (TPSA) is 111 Å². The molecule has 5 atom stereocenters. The summed E-state index contributed by atoms with van der Waals surface area (Å²) in [6.07, 6.45) is 12.6. The number of rotatable bonds is 3. The summed E-state index contributed by atoms with van der Waals surface area (Å²) in [5, 5.41) is 13.8. The number of aliphatic hydroxyl groups excluding tert-OH is 1. The van der Waals surface area contributed by atoms with Crippen molar-refractivity contribution in [2.45, 2.75) is 117 Å². The molecule has 0 aromatic heterocycles. The van der Waals surface area contributed by atoms with Gasteiger partial charge in [0.1, 0.15) is 18.3 Å². The Labute approximate surface area is 264 Å². The summed E-state index contributed by atoms with van der Waals surface area (Å²) in [5.74, 6) is -2.33. The molecule has 8 heteroatoms. The highest BCUT2D eigenvalue weighted by Crippen LogP contribution is 2.23. The van der Waals surface area contributed by atoms with E-state index in [1.807, 2.05) is 45.9 Å². The molecule has 0 fully saturated rings. The van der Waals surface area contributed by atoms with E-state index < -0.39 is 42.1 Å². The molecule has 0 aromatic carbocycles. The maximum atomic E-state index is 13.2. The number of hydrogen-bond donors (Lipinski definition) is 2. The zero-order valence-corrected chi connectivity index (χ0v) is 27.7.